The molecule has 2 aromatic rings. The van der Waals surface area contributed by atoms with Crippen LogP contribution in [0.3, 0.4) is 0 Å². The summed E-state index contributed by atoms with van der Waals surface area (Å²) in [4.78, 5) is 13.4. The second-order valence-corrected chi connectivity index (χ2v) is 6.45. The Morgan fingerprint density at radius 3 is 2.79 bits per heavy atom. The van der Waals surface area contributed by atoms with Gasteiger partial charge in [0.2, 0.25) is 5.95 Å². The summed E-state index contributed by atoms with van der Waals surface area (Å²) in [6, 6.07) is 0.572. The van der Waals surface area contributed by atoms with Crippen LogP contribution in [0, 0.1) is 5.41 Å². The van der Waals surface area contributed by atoms with Crippen LogP contribution in [0.4, 0.5) is 17.6 Å². The fourth-order valence-corrected chi connectivity index (χ4v) is 2.99. The van der Waals surface area contributed by atoms with Crippen molar-refractivity contribution in [2.45, 2.75) is 18.9 Å². The molecule has 0 bridgehead atoms. The van der Waals surface area contributed by atoms with E-state index in [0.29, 0.717) is 29.2 Å². The monoisotopic (exact) mass is 385 g/mol. The number of imidazole rings is 1. The van der Waals surface area contributed by atoms with Crippen LogP contribution in [0.5, 0.6) is 6.01 Å². The van der Waals surface area contributed by atoms with Gasteiger partial charge in [0.05, 0.1) is 6.20 Å². The average Bonchev–Trinajstić information content (AvgIpc) is 3.05. The molecule has 1 aliphatic heterocycles. The summed E-state index contributed by atoms with van der Waals surface area (Å²) >= 11 is 0. The molecule has 0 aromatic carbocycles. The molecule has 28 heavy (non-hydrogen) atoms. The van der Waals surface area contributed by atoms with Gasteiger partial charge >= 0.3 is 0 Å². The minimum Gasteiger partial charge on any atom is -0.461 e. The number of ether oxygens (including phenoxy) is 1. The first-order chi connectivity index (χ1) is 13.6. The molecule has 5 N–H and O–H groups in total. The molecule has 10 nitrogen and oxygen atoms in total. The van der Waals surface area contributed by atoms with Gasteiger partial charge in [-0.3, -0.25) is 0 Å². The smallest absolute Gasteiger partial charge is 0.298 e. The van der Waals surface area contributed by atoms with Gasteiger partial charge in [-0.25, -0.2) is 4.98 Å². The Bertz CT molecular complexity index is 840. The maximum Gasteiger partial charge on any atom is 0.298 e. The summed E-state index contributed by atoms with van der Waals surface area (Å²) in [6.45, 7) is 1.93. The summed E-state index contributed by atoms with van der Waals surface area (Å²) in [6.07, 6.45) is 8.62. The Labute approximate surface area is 164 Å². The molecule has 1 fully saturated rings. The van der Waals surface area contributed by atoms with Crippen LogP contribution in [0.15, 0.2) is 18.6 Å². The lowest BCUT2D eigenvalue weighted by molar-refractivity contribution is 0.144. The second kappa shape index (κ2) is 9.18. The van der Waals surface area contributed by atoms with Crippen molar-refractivity contribution in [3.05, 3.63) is 24.2 Å². The molecule has 0 spiro atoms. The number of nitrogens with one attached hydrogen (secondary N) is 5. The van der Waals surface area contributed by atoms with E-state index in [9.17, 15) is 0 Å². The molecule has 10 heteroatoms. The van der Waals surface area contributed by atoms with Crippen molar-refractivity contribution in [1.29, 1.82) is 5.41 Å². The van der Waals surface area contributed by atoms with Crippen LogP contribution < -0.4 is 26.0 Å². The summed E-state index contributed by atoms with van der Waals surface area (Å²) < 4.78 is 7.87. The van der Waals surface area contributed by atoms with E-state index in [2.05, 4.69) is 36.2 Å². The Balaban J connectivity index is 1.75. The van der Waals surface area contributed by atoms with Gasteiger partial charge in [-0.1, -0.05) is 0 Å². The third kappa shape index (κ3) is 4.58. The third-order valence-electron chi connectivity index (χ3n) is 4.42. The van der Waals surface area contributed by atoms with Crippen LogP contribution in [-0.2, 0) is 7.05 Å². The quantitative estimate of drug-likeness (QED) is 0.431. The minimum atomic E-state index is 0.181. The number of hydrogen-bond donors (Lipinski definition) is 5. The van der Waals surface area contributed by atoms with Gasteiger partial charge in [-0.2, -0.15) is 9.97 Å². The molecule has 3 heterocycles. The van der Waals surface area contributed by atoms with Crippen molar-refractivity contribution < 1.29 is 4.74 Å². The Morgan fingerprint density at radius 2 is 2.11 bits per heavy atom. The molecule has 3 rings (SSSR count). The lowest BCUT2D eigenvalue weighted by Crippen LogP contribution is -2.34. The van der Waals surface area contributed by atoms with E-state index in [4.69, 9.17) is 10.1 Å². The number of aryl methyl sites for hydroxylation is 1. The highest BCUT2D eigenvalue weighted by molar-refractivity contribution is 6.10. The second-order valence-electron chi connectivity index (χ2n) is 6.45. The van der Waals surface area contributed by atoms with Crippen molar-refractivity contribution in [2.24, 2.45) is 7.05 Å². The fraction of sp³-hybridized carbons (Fsp3) is 0.444. The van der Waals surface area contributed by atoms with Gasteiger partial charge in [-0.15, -0.1) is 0 Å². The molecule has 150 valence electrons. The van der Waals surface area contributed by atoms with E-state index >= 15 is 0 Å². The SMILES string of the molecule is CN/C=C(\C=N)c1cnc(Nc2cn(C)c(OC3CCNCC3)n2)nc1NC. The standard InChI is InChI=1S/C18H27N9O/c1-20-9-12(8-19)14-10-23-17(26-16(14)21-2)24-15-11-27(3)18(25-15)28-13-4-6-22-7-5-13/h8-11,13,19-20,22H,4-7H2,1-3H3,(H2,21,23,24,26)/b12-9+,19-8?. The van der Waals surface area contributed by atoms with Gasteiger partial charge in [-0.05, 0) is 25.9 Å². The van der Waals surface area contributed by atoms with Crippen molar-refractivity contribution in [2.75, 3.05) is 37.8 Å². The van der Waals surface area contributed by atoms with Crippen molar-refractivity contribution >= 4 is 29.4 Å². The average molecular weight is 385 g/mol. The normalized spacial score (nSPS) is 15.2. The maximum atomic E-state index is 7.57. The van der Waals surface area contributed by atoms with Gasteiger partial charge in [0.1, 0.15) is 11.9 Å². The number of nitrogens with zero attached hydrogens (tertiary/aromatic N) is 4. The fourth-order valence-electron chi connectivity index (χ4n) is 2.99. The summed E-state index contributed by atoms with van der Waals surface area (Å²) in [5.74, 6) is 1.64. The first-order valence-electron chi connectivity index (χ1n) is 9.25. The molecule has 0 amide bonds. The topological polar surface area (TPSA) is 125 Å². The Kier molecular flexibility index (Phi) is 6.43. The predicted octanol–water partition coefficient (Wildman–Crippen LogP) is 1.34. The van der Waals surface area contributed by atoms with E-state index in [1.165, 1.54) is 6.21 Å². The van der Waals surface area contributed by atoms with Crippen molar-refractivity contribution in [1.82, 2.24) is 30.2 Å². The van der Waals surface area contributed by atoms with Crippen LogP contribution in [0.1, 0.15) is 18.4 Å². The number of aromatic nitrogens is 4. The van der Waals surface area contributed by atoms with E-state index < -0.39 is 0 Å². The van der Waals surface area contributed by atoms with E-state index in [-0.39, 0.29) is 6.10 Å². The van der Waals surface area contributed by atoms with Gasteiger partial charge in [0.25, 0.3) is 6.01 Å². The summed E-state index contributed by atoms with van der Waals surface area (Å²) in [7, 11) is 5.46. The first-order valence-corrected chi connectivity index (χ1v) is 9.25. The van der Waals surface area contributed by atoms with Crippen LogP contribution >= 0.6 is 0 Å². The van der Waals surface area contributed by atoms with Crippen LogP contribution in [0.2, 0.25) is 0 Å². The van der Waals surface area contributed by atoms with Gasteiger partial charge in [0.15, 0.2) is 5.82 Å². The van der Waals surface area contributed by atoms with Crippen molar-refractivity contribution in [3.63, 3.8) is 0 Å². The molecule has 2 aromatic heterocycles. The van der Waals surface area contributed by atoms with Gasteiger partial charge in [0, 0.05) is 50.9 Å². The van der Waals surface area contributed by atoms with E-state index in [0.717, 1.165) is 31.5 Å². The van der Waals surface area contributed by atoms with E-state index in [1.54, 1.807) is 26.5 Å². The third-order valence-corrected chi connectivity index (χ3v) is 4.42. The van der Waals surface area contributed by atoms with Crippen LogP contribution in [-0.4, -0.2) is 59.0 Å². The molecule has 0 radical (unpaired) electrons. The van der Waals surface area contributed by atoms with E-state index in [1.807, 2.05) is 17.8 Å². The molecule has 0 saturated carbocycles. The largest absolute Gasteiger partial charge is 0.461 e. The van der Waals surface area contributed by atoms with Crippen LogP contribution in [0.25, 0.3) is 5.57 Å². The van der Waals surface area contributed by atoms with Crippen molar-refractivity contribution in [3.8, 4) is 6.01 Å². The first kappa shape index (κ1) is 19.6. The highest BCUT2D eigenvalue weighted by Crippen LogP contribution is 2.23. The molecule has 0 aliphatic carbocycles. The zero-order valence-corrected chi connectivity index (χ0v) is 16.4. The highest BCUT2D eigenvalue weighted by atomic mass is 16.5. The molecule has 1 saturated heterocycles. The zero-order valence-electron chi connectivity index (χ0n) is 16.4. The summed E-state index contributed by atoms with van der Waals surface area (Å²) in [5, 5.41) is 20.0. The number of hydrogen-bond acceptors (Lipinski definition) is 9. The highest BCUT2D eigenvalue weighted by Gasteiger charge is 2.18. The number of rotatable bonds is 8. The number of piperidine rings is 1. The van der Waals surface area contributed by atoms with Gasteiger partial charge < -0.3 is 36.0 Å². The maximum absolute atomic E-state index is 7.57. The molecular weight excluding hydrogens is 358 g/mol. The lowest BCUT2D eigenvalue weighted by Gasteiger charge is -2.22. The molecular formula is C18H27N9O. The predicted molar refractivity (Wildman–Crippen MR) is 110 cm³/mol. The zero-order chi connectivity index (χ0) is 19.9. The molecule has 0 atom stereocenters. The Morgan fingerprint density at radius 1 is 1.32 bits per heavy atom. The molecule has 0 unspecified atom stereocenters. The number of anilines is 3. The summed E-state index contributed by atoms with van der Waals surface area (Å²) in [5.41, 5.74) is 1.40. The lowest BCUT2D eigenvalue weighted by atomic mass is 10.1. The molecule has 1 aliphatic rings. The Hall–Kier alpha value is -3.14. The minimum absolute atomic E-state index is 0.181. The number of allylic oxidation sites excluding steroid dienone is 1.